The minimum absolute atomic E-state index is 0.228. The molecule has 1 aliphatic heterocycles. The van der Waals surface area contributed by atoms with Crippen molar-refractivity contribution in [3.63, 3.8) is 0 Å². The van der Waals surface area contributed by atoms with Crippen molar-refractivity contribution < 1.29 is 9.32 Å². The van der Waals surface area contributed by atoms with E-state index >= 15 is 0 Å². The molecule has 1 aliphatic rings. The van der Waals surface area contributed by atoms with E-state index in [1.165, 1.54) is 0 Å². The molecule has 1 fully saturated rings. The van der Waals surface area contributed by atoms with Crippen molar-refractivity contribution in [2.75, 3.05) is 13.1 Å². The molecule has 0 N–H and O–H groups in total. The molecule has 0 atom stereocenters. The summed E-state index contributed by atoms with van der Waals surface area (Å²) in [4.78, 5) is 23.7. The van der Waals surface area contributed by atoms with E-state index in [0.29, 0.717) is 12.3 Å². The SMILES string of the molecule is CCc1onc(C)c1-c1cccc(C2CCN(C(=O)CCc3cccnc3)CC2)n1. The van der Waals surface area contributed by atoms with Gasteiger partial charge < -0.3 is 9.42 Å². The maximum Gasteiger partial charge on any atom is 0.222 e. The van der Waals surface area contributed by atoms with Gasteiger partial charge in [0.25, 0.3) is 0 Å². The molecular formula is C24H28N4O2. The molecular weight excluding hydrogens is 376 g/mol. The predicted molar refractivity (Wildman–Crippen MR) is 115 cm³/mol. The van der Waals surface area contributed by atoms with Gasteiger partial charge in [-0.05, 0) is 49.9 Å². The molecule has 0 aliphatic carbocycles. The Morgan fingerprint density at radius 1 is 1.20 bits per heavy atom. The zero-order valence-corrected chi connectivity index (χ0v) is 17.7. The molecule has 4 rings (SSSR count). The Morgan fingerprint density at radius 2 is 2.03 bits per heavy atom. The first-order valence-corrected chi connectivity index (χ1v) is 10.7. The Labute approximate surface area is 177 Å². The Hall–Kier alpha value is -3.02. The van der Waals surface area contributed by atoms with E-state index < -0.39 is 0 Å². The second-order valence-electron chi connectivity index (χ2n) is 7.88. The number of carbonyl (C=O) groups is 1. The Morgan fingerprint density at radius 3 is 2.77 bits per heavy atom. The summed E-state index contributed by atoms with van der Waals surface area (Å²) in [6.07, 6.45) is 7.55. The Bertz CT molecular complexity index is 991. The van der Waals surface area contributed by atoms with Crippen LogP contribution >= 0.6 is 0 Å². The molecule has 0 radical (unpaired) electrons. The third kappa shape index (κ3) is 4.42. The molecule has 1 amide bonds. The summed E-state index contributed by atoms with van der Waals surface area (Å²) in [5.74, 6) is 1.48. The molecule has 0 unspecified atom stereocenters. The lowest BCUT2D eigenvalue weighted by Crippen LogP contribution is -2.38. The van der Waals surface area contributed by atoms with Gasteiger partial charge in [0, 0.05) is 49.9 Å². The van der Waals surface area contributed by atoms with Crippen LogP contribution in [-0.4, -0.2) is 39.0 Å². The van der Waals surface area contributed by atoms with Gasteiger partial charge in [0.15, 0.2) is 0 Å². The highest BCUT2D eigenvalue weighted by molar-refractivity contribution is 5.76. The van der Waals surface area contributed by atoms with Crippen LogP contribution in [0.25, 0.3) is 11.3 Å². The van der Waals surface area contributed by atoms with Crippen LogP contribution in [0.4, 0.5) is 0 Å². The van der Waals surface area contributed by atoms with E-state index in [1.807, 2.05) is 36.2 Å². The maximum atomic E-state index is 12.6. The Balaban J connectivity index is 1.37. The summed E-state index contributed by atoms with van der Waals surface area (Å²) in [6, 6.07) is 10.1. The molecule has 3 aromatic heterocycles. The van der Waals surface area contributed by atoms with Crippen molar-refractivity contribution in [1.82, 2.24) is 20.0 Å². The standard InChI is InChI=1S/C24H28N4O2/c1-3-22-24(17(2)27-30-22)21-8-4-7-20(26-21)19-11-14-28(15-12-19)23(29)10-9-18-6-5-13-25-16-18/h4-8,13,16,19H,3,9-12,14-15H2,1-2H3. The van der Waals surface area contributed by atoms with Crippen molar-refractivity contribution >= 4 is 5.91 Å². The lowest BCUT2D eigenvalue weighted by molar-refractivity contribution is -0.132. The van der Waals surface area contributed by atoms with E-state index in [-0.39, 0.29) is 5.91 Å². The topological polar surface area (TPSA) is 72.1 Å². The van der Waals surface area contributed by atoms with Crippen molar-refractivity contribution in [3.05, 3.63) is 65.4 Å². The molecule has 0 saturated carbocycles. The first kappa shape index (κ1) is 20.3. The van der Waals surface area contributed by atoms with Gasteiger partial charge in [-0.3, -0.25) is 14.8 Å². The van der Waals surface area contributed by atoms with Gasteiger partial charge in [-0.2, -0.15) is 0 Å². The number of aryl methyl sites for hydroxylation is 3. The van der Waals surface area contributed by atoms with Gasteiger partial charge >= 0.3 is 0 Å². The largest absolute Gasteiger partial charge is 0.360 e. The molecule has 6 nitrogen and oxygen atoms in total. The van der Waals surface area contributed by atoms with Crippen LogP contribution < -0.4 is 0 Å². The number of rotatable bonds is 6. The van der Waals surface area contributed by atoms with Crippen LogP contribution in [0.1, 0.15) is 54.8 Å². The summed E-state index contributed by atoms with van der Waals surface area (Å²) in [5, 5.41) is 4.11. The summed E-state index contributed by atoms with van der Waals surface area (Å²) >= 11 is 0. The summed E-state index contributed by atoms with van der Waals surface area (Å²) in [5.41, 5.74) is 5.03. The first-order valence-electron chi connectivity index (χ1n) is 10.7. The highest BCUT2D eigenvalue weighted by Gasteiger charge is 2.25. The number of piperidine rings is 1. The average molecular weight is 405 g/mol. The van der Waals surface area contributed by atoms with E-state index in [0.717, 1.165) is 72.7 Å². The van der Waals surface area contributed by atoms with E-state index in [2.05, 4.69) is 29.2 Å². The number of likely N-dealkylation sites (tertiary alicyclic amines) is 1. The summed E-state index contributed by atoms with van der Waals surface area (Å²) in [6.45, 7) is 5.60. The van der Waals surface area contributed by atoms with Crippen molar-refractivity contribution in [1.29, 1.82) is 0 Å². The zero-order chi connectivity index (χ0) is 20.9. The summed E-state index contributed by atoms with van der Waals surface area (Å²) < 4.78 is 5.44. The van der Waals surface area contributed by atoms with Gasteiger partial charge in [-0.25, -0.2) is 0 Å². The van der Waals surface area contributed by atoms with Crippen LogP contribution in [0.3, 0.4) is 0 Å². The quantitative estimate of drug-likeness (QED) is 0.611. The monoisotopic (exact) mass is 404 g/mol. The minimum atomic E-state index is 0.228. The van der Waals surface area contributed by atoms with Crippen molar-refractivity contribution in [3.8, 4) is 11.3 Å². The number of hydrogen-bond acceptors (Lipinski definition) is 5. The third-order valence-electron chi connectivity index (χ3n) is 5.90. The molecule has 6 heteroatoms. The third-order valence-corrected chi connectivity index (χ3v) is 5.90. The molecule has 156 valence electrons. The lowest BCUT2D eigenvalue weighted by atomic mass is 9.92. The maximum absolute atomic E-state index is 12.6. The predicted octanol–water partition coefficient (Wildman–Crippen LogP) is 4.34. The fraction of sp³-hybridized carbons (Fsp3) is 0.417. The van der Waals surface area contributed by atoms with Crippen LogP contribution in [0.5, 0.6) is 0 Å². The van der Waals surface area contributed by atoms with Crippen LogP contribution in [0.2, 0.25) is 0 Å². The van der Waals surface area contributed by atoms with Crippen LogP contribution in [0.15, 0.2) is 47.2 Å². The van der Waals surface area contributed by atoms with Crippen LogP contribution in [-0.2, 0) is 17.6 Å². The second kappa shape index (κ2) is 9.20. The average Bonchev–Trinajstić information content (AvgIpc) is 3.19. The van der Waals surface area contributed by atoms with Gasteiger partial charge in [0.2, 0.25) is 5.91 Å². The number of carbonyl (C=O) groups excluding carboxylic acids is 1. The molecule has 1 saturated heterocycles. The van der Waals surface area contributed by atoms with Crippen molar-refractivity contribution in [2.24, 2.45) is 0 Å². The number of aromatic nitrogens is 3. The van der Waals surface area contributed by atoms with E-state index in [1.54, 1.807) is 6.20 Å². The minimum Gasteiger partial charge on any atom is -0.360 e. The number of hydrogen-bond donors (Lipinski definition) is 0. The molecule has 0 aromatic carbocycles. The highest BCUT2D eigenvalue weighted by Crippen LogP contribution is 2.31. The normalized spacial score (nSPS) is 14.8. The Kier molecular flexibility index (Phi) is 6.21. The van der Waals surface area contributed by atoms with Gasteiger partial charge in [0.05, 0.1) is 17.0 Å². The zero-order valence-electron chi connectivity index (χ0n) is 17.7. The molecule has 4 heterocycles. The molecule has 30 heavy (non-hydrogen) atoms. The van der Waals surface area contributed by atoms with E-state index in [9.17, 15) is 4.79 Å². The summed E-state index contributed by atoms with van der Waals surface area (Å²) in [7, 11) is 0. The highest BCUT2D eigenvalue weighted by atomic mass is 16.5. The van der Waals surface area contributed by atoms with Gasteiger partial charge in [-0.1, -0.05) is 24.2 Å². The van der Waals surface area contributed by atoms with Crippen molar-refractivity contribution in [2.45, 2.75) is 51.9 Å². The molecule has 0 spiro atoms. The number of pyridine rings is 2. The first-order chi connectivity index (χ1) is 14.7. The second-order valence-corrected chi connectivity index (χ2v) is 7.88. The molecule has 3 aromatic rings. The number of nitrogens with zero attached hydrogens (tertiary/aromatic N) is 4. The smallest absolute Gasteiger partial charge is 0.222 e. The molecule has 0 bridgehead atoms. The van der Waals surface area contributed by atoms with E-state index in [4.69, 9.17) is 9.51 Å². The fourth-order valence-corrected chi connectivity index (χ4v) is 4.18. The fourth-order valence-electron chi connectivity index (χ4n) is 4.18. The number of amides is 1. The van der Waals surface area contributed by atoms with Gasteiger partial charge in [0.1, 0.15) is 5.76 Å². The lowest BCUT2D eigenvalue weighted by Gasteiger charge is -2.32. The van der Waals surface area contributed by atoms with Gasteiger partial charge in [-0.15, -0.1) is 0 Å². The van der Waals surface area contributed by atoms with Crippen LogP contribution in [0, 0.1) is 6.92 Å².